The van der Waals surface area contributed by atoms with Crippen LogP contribution in [0.5, 0.6) is 11.5 Å². The van der Waals surface area contributed by atoms with Gasteiger partial charge in [0.1, 0.15) is 35.4 Å². The molecule has 0 spiro atoms. The summed E-state index contributed by atoms with van der Waals surface area (Å²) >= 11 is 0. The molecule has 0 radical (unpaired) electrons. The van der Waals surface area contributed by atoms with Gasteiger partial charge in [-0.3, -0.25) is 9.69 Å². The fourth-order valence-electron chi connectivity index (χ4n) is 8.94. The SMILES string of the molecule is CCOc1cc(CN2CCC(Nc3nc(-c4ccccc4F)c4ccccc4n3)CC2)cc(OCC)c1NC(=O)CN(c1nc(-c2ccccc2F)c2ccccc2n1)C1CCNCC1.Cl.Cl. The van der Waals surface area contributed by atoms with Gasteiger partial charge >= 0.3 is 0 Å². The molecule has 5 aromatic carbocycles. The van der Waals surface area contributed by atoms with Crippen LogP contribution < -0.4 is 30.3 Å². The minimum absolute atomic E-state index is 0. The fourth-order valence-corrected chi connectivity index (χ4v) is 8.94. The fraction of sp³-hybridized carbons (Fsp3) is 0.314. The molecule has 0 atom stereocenters. The highest BCUT2D eigenvalue weighted by Crippen LogP contribution is 2.38. The maximum absolute atomic E-state index is 15.3. The highest BCUT2D eigenvalue weighted by atomic mass is 35.5. The van der Waals surface area contributed by atoms with Crippen molar-refractivity contribution in [3.63, 3.8) is 0 Å². The van der Waals surface area contributed by atoms with E-state index in [1.165, 1.54) is 12.1 Å². The van der Waals surface area contributed by atoms with Gasteiger partial charge in [0.15, 0.2) is 0 Å². The number of nitrogens with one attached hydrogen (secondary N) is 3. The summed E-state index contributed by atoms with van der Waals surface area (Å²) in [4.78, 5) is 38.2. The zero-order chi connectivity index (χ0) is 44.7. The van der Waals surface area contributed by atoms with E-state index in [0.29, 0.717) is 76.9 Å². The predicted molar refractivity (Wildman–Crippen MR) is 267 cm³/mol. The van der Waals surface area contributed by atoms with Crippen molar-refractivity contribution < 1.29 is 23.0 Å². The Hall–Kier alpha value is -6.19. The molecule has 4 heterocycles. The first-order valence-electron chi connectivity index (χ1n) is 22.6. The maximum atomic E-state index is 15.3. The Morgan fingerprint density at radius 2 is 1.25 bits per heavy atom. The molecule has 67 heavy (non-hydrogen) atoms. The number of hydrogen-bond acceptors (Lipinski definition) is 11. The zero-order valence-electron chi connectivity index (χ0n) is 37.5. The van der Waals surface area contributed by atoms with Crippen molar-refractivity contribution in [3.05, 3.63) is 126 Å². The molecule has 350 valence electrons. The van der Waals surface area contributed by atoms with Crippen LogP contribution in [0, 0.1) is 11.6 Å². The number of rotatable bonds is 15. The molecule has 16 heteroatoms. The van der Waals surface area contributed by atoms with E-state index in [1.807, 2.05) is 85.5 Å². The van der Waals surface area contributed by atoms with Crippen molar-refractivity contribution in [1.29, 1.82) is 0 Å². The van der Waals surface area contributed by atoms with Crippen LogP contribution in [0.4, 0.5) is 26.4 Å². The molecule has 7 aromatic rings. The lowest BCUT2D eigenvalue weighted by Gasteiger charge is -2.34. The number of anilines is 3. The molecule has 0 unspecified atom stereocenters. The first-order chi connectivity index (χ1) is 31.8. The van der Waals surface area contributed by atoms with Crippen LogP contribution in [0.1, 0.15) is 45.1 Å². The molecule has 3 N–H and O–H groups in total. The number of halogens is 4. The van der Waals surface area contributed by atoms with Gasteiger partial charge < -0.3 is 30.3 Å². The third-order valence-corrected chi connectivity index (χ3v) is 12.1. The Labute approximate surface area is 401 Å². The van der Waals surface area contributed by atoms with E-state index in [9.17, 15) is 9.18 Å². The molecule has 0 saturated carbocycles. The van der Waals surface area contributed by atoms with Crippen LogP contribution in [0.15, 0.2) is 109 Å². The van der Waals surface area contributed by atoms with Crippen molar-refractivity contribution in [2.75, 3.05) is 61.5 Å². The number of piperidine rings is 2. The number of para-hydroxylation sites is 2. The second-order valence-corrected chi connectivity index (χ2v) is 16.4. The standard InChI is InChI=1S/C51H53F2N9O3.2ClH/c1-3-64-44-29-33(31-61-27-23-34(24-28-61)55-50-56-42-19-11-7-15-38(42)47(59-50)36-13-5-9-17-40(36)52)30-45(65-4-2)49(44)58-46(63)32-62(35-21-25-54-26-22-35)51-57-43-20-12-8-16-39(43)48(60-51)37-14-6-10-18-41(37)53;;/h5-20,29-30,34-35,54H,3-4,21-28,31-32H2,1-2H3,(H,58,63)(H,55,56,59);2*1H. The van der Waals surface area contributed by atoms with Crippen LogP contribution in [-0.4, -0.2) is 88.8 Å². The summed E-state index contributed by atoms with van der Waals surface area (Å²) in [5.74, 6) is 0.907. The van der Waals surface area contributed by atoms with Crippen molar-refractivity contribution in [1.82, 2.24) is 30.2 Å². The van der Waals surface area contributed by atoms with E-state index in [0.717, 1.165) is 73.7 Å². The molecule has 12 nitrogen and oxygen atoms in total. The number of amides is 1. The average molecular weight is 951 g/mol. The Kier molecular flexibility index (Phi) is 16.4. The van der Waals surface area contributed by atoms with Crippen molar-refractivity contribution in [2.24, 2.45) is 0 Å². The number of fused-ring (bicyclic) bond motifs is 2. The van der Waals surface area contributed by atoms with Crippen LogP contribution in [0.25, 0.3) is 44.3 Å². The summed E-state index contributed by atoms with van der Waals surface area (Å²) in [5.41, 5.74) is 4.74. The van der Waals surface area contributed by atoms with E-state index >= 15 is 4.39 Å². The molecular formula is C51H55Cl2F2N9O3. The molecule has 2 aliphatic rings. The summed E-state index contributed by atoms with van der Waals surface area (Å²) < 4.78 is 42.7. The number of carbonyl (C=O) groups excluding carboxylic acids is 1. The summed E-state index contributed by atoms with van der Waals surface area (Å²) in [5, 5.41) is 11.6. The van der Waals surface area contributed by atoms with Crippen LogP contribution in [0.2, 0.25) is 0 Å². The molecule has 0 aliphatic carbocycles. The highest BCUT2D eigenvalue weighted by molar-refractivity contribution is 5.98. The molecule has 9 rings (SSSR count). The number of hydrogen-bond donors (Lipinski definition) is 3. The van der Waals surface area contributed by atoms with E-state index in [4.69, 9.17) is 29.4 Å². The Morgan fingerprint density at radius 3 is 1.84 bits per heavy atom. The summed E-state index contributed by atoms with van der Waals surface area (Å²) in [7, 11) is 0. The normalized spacial score (nSPS) is 14.5. The van der Waals surface area contributed by atoms with Gasteiger partial charge in [-0.1, -0.05) is 60.7 Å². The number of ether oxygens (including phenoxy) is 2. The van der Waals surface area contributed by atoms with Crippen LogP contribution in [-0.2, 0) is 11.3 Å². The van der Waals surface area contributed by atoms with Gasteiger partial charge in [-0.05, 0) is 107 Å². The first-order valence-corrected chi connectivity index (χ1v) is 22.6. The summed E-state index contributed by atoms with van der Waals surface area (Å²) in [6.45, 7) is 8.41. The minimum Gasteiger partial charge on any atom is -0.492 e. The van der Waals surface area contributed by atoms with Gasteiger partial charge in [-0.2, -0.15) is 0 Å². The second kappa shape index (κ2) is 22.5. The number of likely N-dealkylation sites (tertiary alicyclic amines) is 1. The molecule has 2 aromatic heterocycles. The van der Waals surface area contributed by atoms with Gasteiger partial charge in [0, 0.05) is 53.6 Å². The van der Waals surface area contributed by atoms with Crippen LogP contribution in [0.3, 0.4) is 0 Å². The van der Waals surface area contributed by atoms with Gasteiger partial charge in [0.2, 0.25) is 17.8 Å². The minimum atomic E-state index is -0.380. The predicted octanol–water partition coefficient (Wildman–Crippen LogP) is 10.1. The van der Waals surface area contributed by atoms with E-state index in [1.54, 1.807) is 30.3 Å². The maximum Gasteiger partial charge on any atom is 0.244 e. The lowest BCUT2D eigenvalue weighted by Crippen LogP contribution is -2.47. The highest BCUT2D eigenvalue weighted by Gasteiger charge is 2.29. The summed E-state index contributed by atoms with van der Waals surface area (Å²) in [6, 6.07) is 32.6. The third kappa shape index (κ3) is 11.2. The third-order valence-electron chi connectivity index (χ3n) is 12.1. The topological polar surface area (TPSA) is 130 Å². The number of nitrogens with zero attached hydrogens (tertiary/aromatic N) is 6. The van der Waals surface area contributed by atoms with Gasteiger partial charge in [-0.25, -0.2) is 28.7 Å². The second-order valence-electron chi connectivity index (χ2n) is 16.4. The molecule has 2 fully saturated rings. The van der Waals surface area contributed by atoms with Gasteiger partial charge in [0.05, 0.1) is 35.6 Å². The van der Waals surface area contributed by atoms with E-state index in [2.05, 4.69) is 20.9 Å². The zero-order valence-corrected chi connectivity index (χ0v) is 39.1. The Bertz CT molecular complexity index is 2780. The van der Waals surface area contributed by atoms with Gasteiger partial charge in [-0.15, -0.1) is 24.8 Å². The Morgan fingerprint density at radius 1 is 0.716 bits per heavy atom. The molecule has 2 saturated heterocycles. The molecule has 1 amide bonds. The molecule has 0 bridgehead atoms. The Balaban J connectivity index is 0.00000333. The lowest BCUT2D eigenvalue weighted by atomic mass is 10.0. The van der Waals surface area contributed by atoms with E-state index in [-0.39, 0.29) is 61.0 Å². The summed E-state index contributed by atoms with van der Waals surface area (Å²) in [6.07, 6.45) is 3.27. The van der Waals surface area contributed by atoms with Crippen molar-refractivity contribution >= 4 is 70.1 Å². The smallest absolute Gasteiger partial charge is 0.244 e. The van der Waals surface area contributed by atoms with Crippen molar-refractivity contribution in [2.45, 2.75) is 58.2 Å². The lowest BCUT2D eigenvalue weighted by molar-refractivity contribution is -0.115. The van der Waals surface area contributed by atoms with Crippen molar-refractivity contribution in [3.8, 4) is 34.0 Å². The number of carbonyl (C=O) groups is 1. The molecule has 2 aliphatic heterocycles. The average Bonchev–Trinajstić information content (AvgIpc) is 3.33. The largest absolute Gasteiger partial charge is 0.492 e. The van der Waals surface area contributed by atoms with Gasteiger partial charge in [0.25, 0.3) is 0 Å². The number of aromatic nitrogens is 4. The quantitative estimate of drug-likeness (QED) is 0.0909. The van der Waals surface area contributed by atoms with Crippen LogP contribution >= 0.6 is 24.8 Å². The molecular weight excluding hydrogens is 896 g/mol. The van der Waals surface area contributed by atoms with E-state index < -0.39 is 0 Å². The number of benzene rings is 5. The monoisotopic (exact) mass is 949 g/mol. The first kappa shape index (κ1) is 48.7.